The van der Waals surface area contributed by atoms with Gasteiger partial charge in [0.2, 0.25) is 0 Å². The molecule has 0 amide bonds. The lowest BCUT2D eigenvalue weighted by molar-refractivity contribution is -0.136. The zero-order valence-electron chi connectivity index (χ0n) is 13.5. The molecule has 138 valence electrons. The van der Waals surface area contributed by atoms with Crippen molar-refractivity contribution in [1.29, 1.82) is 0 Å². The molecular formula is C17H23O7P. The van der Waals surface area contributed by atoms with E-state index in [4.69, 9.17) is 14.7 Å². The molecule has 8 heteroatoms. The molecule has 0 heterocycles. The van der Waals surface area contributed by atoms with E-state index in [0.29, 0.717) is 11.1 Å². The molecule has 0 bridgehead atoms. The summed E-state index contributed by atoms with van der Waals surface area (Å²) in [6, 6.07) is 17.5. The maximum atomic E-state index is 11.4. The van der Waals surface area contributed by atoms with E-state index in [1.54, 1.807) is 48.5 Å². The van der Waals surface area contributed by atoms with Gasteiger partial charge in [0.15, 0.2) is 0 Å². The minimum atomic E-state index is -2.62. The Morgan fingerprint density at radius 3 is 1.16 bits per heavy atom. The zero-order chi connectivity index (χ0) is 18.9. The van der Waals surface area contributed by atoms with Gasteiger partial charge < -0.3 is 35.1 Å². The van der Waals surface area contributed by atoms with E-state index >= 15 is 0 Å². The van der Waals surface area contributed by atoms with E-state index in [1.807, 2.05) is 12.1 Å². The molecule has 25 heavy (non-hydrogen) atoms. The van der Waals surface area contributed by atoms with Gasteiger partial charge >= 0.3 is 8.60 Å². The van der Waals surface area contributed by atoms with Crippen molar-refractivity contribution in [3.63, 3.8) is 0 Å². The Bertz CT molecular complexity index is 552. The fourth-order valence-corrected chi connectivity index (χ4v) is 2.63. The van der Waals surface area contributed by atoms with E-state index in [0.717, 1.165) is 0 Å². The van der Waals surface area contributed by atoms with Gasteiger partial charge in [0.25, 0.3) is 0 Å². The smallest absolute Gasteiger partial charge is 0.324 e. The van der Waals surface area contributed by atoms with Crippen molar-refractivity contribution in [2.24, 2.45) is 5.41 Å². The van der Waals surface area contributed by atoms with Crippen LogP contribution in [0.4, 0.5) is 0 Å². The number of hydrogen-bond donors (Lipinski definition) is 7. The highest BCUT2D eigenvalue weighted by atomic mass is 31.2. The average Bonchev–Trinajstić information content (AvgIpc) is 2.64. The predicted molar refractivity (Wildman–Crippen MR) is 93.1 cm³/mol. The third-order valence-electron chi connectivity index (χ3n) is 4.06. The van der Waals surface area contributed by atoms with Gasteiger partial charge in [-0.15, -0.1) is 0 Å². The lowest BCUT2D eigenvalue weighted by atomic mass is 9.66. The summed E-state index contributed by atoms with van der Waals surface area (Å²) in [6.45, 7) is -1.67. The van der Waals surface area contributed by atoms with Crippen molar-refractivity contribution < 1.29 is 35.1 Å². The van der Waals surface area contributed by atoms with Gasteiger partial charge in [0, 0.05) is 0 Å². The Morgan fingerprint density at radius 2 is 0.920 bits per heavy atom. The number of aliphatic hydroxyl groups is 4. The fraction of sp³-hybridized carbons (Fsp3) is 0.294. The fourth-order valence-electron chi connectivity index (χ4n) is 2.63. The zero-order valence-corrected chi connectivity index (χ0v) is 14.4. The molecular weight excluding hydrogens is 347 g/mol. The first-order valence-corrected chi connectivity index (χ1v) is 8.60. The molecule has 7 nitrogen and oxygen atoms in total. The van der Waals surface area contributed by atoms with Crippen LogP contribution in [0.15, 0.2) is 60.7 Å². The summed E-state index contributed by atoms with van der Waals surface area (Å²) >= 11 is 0. The van der Waals surface area contributed by atoms with Gasteiger partial charge in [0.1, 0.15) is 5.60 Å². The molecule has 0 aromatic heterocycles. The minimum Gasteiger partial charge on any atom is -0.395 e. The van der Waals surface area contributed by atoms with Gasteiger partial charge in [-0.3, -0.25) is 0 Å². The molecule has 0 aliphatic carbocycles. The van der Waals surface area contributed by atoms with Crippen LogP contribution in [-0.2, 0) is 5.60 Å². The molecule has 0 fully saturated rings. The summed E-state index contributed by atoms with van der Waals surface area (Å²) < 4.78 is 0. The first-order valence-electron chi connectivity index (χ1n) is 7.40. The molecule has 0 unspecified atom stereocenters. The van der Waals surface area contributed by atoms with E-state index in [-0.39, 0.29) is 0 Å². The van der Waals surface area contributed by atoms with E-state index in [2.05, 4.69) is 0 Å². The predicted octanol–water partition coefficient (Wildman–Crippen LogP) is 0.0760. The van der Waals surface area contributed by atoms with Crippen molar-refractivity contribution in [1.82, 2.24) is 0 Å². The maximum Gasteiger partial charge on any atom is 0.324 e. The third-order valence-corrected chi connectivity index (χ3v) is 4.06. The summed E-state index contributed by atoms with van der Waals surface area (Å²) in [6.07, 6.45) is 0. The van der Waals surface area contributed by atoms with Crippen LogP contribution in [0.2, 0.25) is 0 Å². The average molecular weight is 370 g/mol. The van der Waals surface area contributed by atoms with E-state index in [1.165, 1.54) is 0 Å². The van der Waals surface area contributed by atoms with E-state index in [9.17, 15) is 20.4 Å². The molecule has 0 saturated carbocycles. The molecule has 2 aromatic rings. The van der Waals surface area contributed by atoms with Crippen LogP contribution in [0.3, 0.4) is 0 Å². The van der Waals surface area contributed by atoms with E-state index < -0.39 is 39.4 Å². The molecule has 7 N–H and O–H groups in total. The Balaban J connectivity index is 0.000000705. The summed E-state index contributed by atoms with van der Waals surface area (Å²) in [5.74, 6) is 0. The van der Waals surface area contributed by atoms with Crippen molar-refractivity contribution in [3.05, 3.63) is 71.8 Å². The molecule has 0 aliphatic heterocycles. The summed E-state index contributed by atoms with van der Waals surface area (Å²) in [7, 11) is -2.62. The first-order chi connectivity index (χ1) is 11.9. The van der Waals surface area contributed by atoms with Crippen LogP contribution in [0.1, 0.15) is 11.1 Å². The Labute approximate surface area is 147 Å². The van der Waals surface area contributed by atoms with Crippen LogP contribution in [-0.4, -0.2) is 54.9 Å². The minimum absolute atomic E-state index is 0.508. The van der Waals surface area contributed by atoms with Crippen LogP contribution >= 0.6 is 8.60 Å². The molecule has 0 aliphatic rings. The molecule has 0 radical (unpaired) electrons. The normalized spacial score (nSPS) is 11.8. The van der Waals surface area contributed by atoms with Crippen LogP contribution in [0.25, 0.3) is 0 Å². The lowest BCUT2D eigenvalue weighted by Crippen LogP contribution is -2.54. The largest absolute Gasteiger partial charge is 0.395 e. The second-order valence-corrected chi connectivity index (χ2v) is 6.00. The van der Waals surface area contributed by atoms with Crippen LogP contribution in [0.5, 0.6) is 0 Å². The van der Waals surface area contributed by atoms with Gasteiger partial charge in [-0.1, -0.05) is 60.7 Å². The SMILES string of the molecule is OCC(CO)(CO)C(O)(c1ccccc1)c1ccccc1.OP(O)O. The topological polar surface area (TPSA) is 142 Å². The molecule has 0 spiro atoms. The first kappa shape index (κ1) is 21.6. The lowest BCUT2D eigenvalue weighted by Gasteiger charge is -2.45. The summed E-state index contributed by atoms with van der Waals surface area (Å²) in [5.41, 5.74) is -2.18. The van der Waals surface area contributed by atoms with Crippen LogP contribution < -0.4 is 0 Å². The second kappa shape index (κ2) is 9.91. The van der Waals surface area contributed by atoms with Gasteiger partial charge in [-0.25, -0.2) is 0 Å². The molecule has 0 saturated heterocycles. The Morgan fingerprint density at radius 1 is 0.640 bits per heavy atom. The van der Waals surface area contributed by atoms with Crippen LogP contribution in [0, 0.1) is 5.41 Å². The van der Waals surface area contributed by atoms with Crippen molar-refractivity contribution >= 4 is 8.60 Å². The monoisotopic (exact) mass is 370 g/mol. The quantitative estimate of drug-likeness (QED) is 0.357. The van der Waals surface area contributed by atoms with Gasteiger partial charge in [-0.05, 0) is 11.1 Å². The highest BCUT2D eigenvalue weighted by molar-refractivity contribution is 7.38. The number of rotatable bonds is 6. The third kappa shape index (κ3) is 4.82. The number of hydrogen-bond acceptors (Lipinski definition) is 7. The maximum absolute atomic E-state index is 11.4. The Kier molecular flexibility index (Phi) is 8.58. The summed E-state index contributed by atoms with van der Waals surface area (Å²) in [4.78, 5) is 21.7. The van der Waals surface area contributed by atoms with Crippen molar-refractivity contribution in [2.45, 2.75) is 5.60 Å². The number of benzene rings is 2. The second-order valence-electron chi connectivity index (χ2n) is 5.47. The van der Waals surface area contributed by atoms with Gasteiger partial charge in [0.05, 0.1) is 25.2 Å². The molecule has 2 rings (SSSR count). The molecule has 0 atom stereocenters. The molecule has 2 aromatic carbocycles. The standard InChI is InChI=1S/C17H20O4.H3O3P/c18-11-16(12-19,13-20)17(21,14-7-3-1-4-8-14)15-9-5-2-6-10-15;1-4(2)3/h1-10,18-21H,11-13H2;1-3H. The summed E-state index contributed by atoms with van der Waals surface area (Å²) in [5, 5.41) is 40.6. The highest BCUT2D eigenvalue weighted by Crippen LogP contribution is 2.44. The van der Waals surface area contributed by atoms with Gasteiger partial charge in [-0.2, -0.15) is 0 Å². The van der Waals surface area contributed by atoms with Crippen molar-refractivity contribution in [3.8, 4) is 0 Å². The highest BCUT2D eigenvalue weighted by Gasteiger charge is 2.52. The Hall–Kier alpha value is -1.41. The number of aliphatic hydroxyl groups excluding tert-OH is 3. The van der Waals surface area contributed by atoms with Crippen molar-refractivity contribution in [2.75, 3.05) is 19.8 Å².